The molecule has 1 atom stereocenters. The summed E-state index contributed by atoms with van der Waals surface area (Å²) in [5.74, 6) is 0.591. The summed E-state index contributed by atoms with van der Waals surface area (Å²) in [6.45, 7) is 6.10. The van der Waals surface area contributed by atoms with Gasteiger partial charge in [0.15, 0.2) is 0 Å². The van der Waals surface area contributed by atoms with E-state index in [1.807, 2.05) is 6.07 Å². The summed E-state index contributed by atoms with van der Waals surface area (Å²) >= 11 is 0. The van der Waals surface area contributed by atoms with E-state index in [-0.39, 0.29) is 0 Å². The van der Waals surface area contributed by atoms with Crippen LogP contribution >= 0.6 is 0 Å². The molecule has 0 spiro atoms. The third-order valence-corrected chi connectivity index (χ3v) is 2.56. The van der Waals surface area contributed by atoms with Crippen molar-refractivity contribution < 1.29 is 4.74 Å². The van der Waals surface area contributed by atoms with Crippen molar-refractivity contribution >= 4 is 0 Å². The van der Waals surface area contributed by atoms with Crippen molar-refractivity contribution in [2.45, 2.75) is 26.4 Å². The molecule has 0 aliphatic heterocycles. The third kappa shape index (κ3) is 4.45. The van der Waals surface area contributed by atoms with Crippen LogP contribution in [-0.2, 0) is 11.3 Å². The Bertz CT molecular complexity index is 258. The molecule has 1 aromatic carbocycles. The first-order chi connectivity index (χ1) is 7.24. The highest BCUT2D eigenvalue weighted by Gasteiger charge is 2.11. The fourth-order valence-corrected chi connectivity index (χ4v) is 1.51. The summed E-state index contributed by atoms with van der Waals surface area (Å²) in [5, 5.41) is 3.51. The van der Waals surface area contributed by atoms with Crippen LogP contribution in [-0.4, -0.2) is 19.8 Å². The predicted octanol–water partition coefficient (Wildman–Crippen LogP) is 2.45. The van der Waals surface area contributed by atoms with Crippen LogP contribution in [0.2, 0.25) is 0 Å². The summed E-state index contributed by atoms with van der Waals surface area (Å²) in [4.78, 5) is 0. The van der Waals surface area contributed by atoms with Gasteiger partial charge in [0.1, 0.15) is 0 Å². The summed E-state index contributed by atoms with van der Waals surface area (Å²) in [7, 11) is 1.75. The van der Waals surface area contributed by atoms with E-state index in [2.05, 4.69) is 43.4 Å². The van der Waals surface area contributed by atoms with Gasteiger partial charge in [-0.15, -0.1) is 0 Å². The van der Waals surface area contributed by atoms with Crippen LogP contribution in [0.1, 0.15) is 19.4 Å². The minimum absolute atomic E-state index is 0.426. The maximum Gasteiger partial charge on any atom is 0.0618 e. The van der Waals surface area contributed by atoms with Crippen molar-refractivity contribution in [3.05, 3.63) is 35.9 Å². The van der Waals surface area contributed by atoms with Crippen LogP contribution in [0.4, 0.5) is 0 Å². The van der Waals surface area contributed by atoms with Crippen molar-refractivity contribution in [3.63, 3.8) is 0 Å². The highest BCUT2D eigenvalue weighted by atomic mass is 16.5. The monoisotopic (exact) mass is 207 g/mol. The first kappa shape index (κ1) is 12.2. The quantitative estimate of drug-likeness (QED) is 0.773. The molecule has 1 rings (SSSR count). The van der Waals surface area contributed by atoms with Crippen LogP contribution in [0.25, 0.3) is 0 Å². The number of methoxy groups -OCH3 is 1. The van der Waals surface area contributed by atoms with E-state index >= 15 is 0 Å². The minimum Gasteiger partial charge on any atom is -0.383 e. The number of nitrogens with one attached hydrogen (secondary N) is 1. The first-order valence-corrected chi connectivity index (χ1v) is 5.50. The lowest BCUT2D eigenvalue weighted by molar-refractivity contribution is 0.146. The van der Waals surface area contributed by atoms with Gasteiger partial charge in [-0.3, -0.25) is 0 Å². The molecular formula is C13H21NO. The van der Waals surface area contributed by atoms with E-state index in [0.29, 0.717) is 12.0 Å². The van der Waals surface area contributed by atoms with Crippen LogP contribution < -0.4 is 5.32 Å². The lowest BCUT2D eigenvalue weighted by atomic mass is 10.1. The number of benzene rings is 1. The van der Waals surface area contributed by atoms with Crippen LogP contribution in [0.5, 0.6) is 0 Å². The van der Waals surface area contributed by atoms with Gasteiger partial charge in [0.25, 0.3) is 0 Å². The number of rotatable bonds is 6. The first-order valence-electron chi connectivity index (χ1n) is 5.50. The Morgan fingerprint density at radius 1 is 1.20 bits per heavy atom. The molecule has 0 fully saturated rings. The number of hydrogen-bond donors (Lipinski definition) is 1. The molecule has 15 heavy (non-hydrogen) atoms. The van der Waals surface area contributed by atoms with Crippen molar-refractivity contribution in [3.8, 4) is 0 Å². The van der Waals surface area contributed by atoms with Gasteiger partial charge in [0.05, 0.1) is 6.61 Å². The van der Waals surface area contributed by atoms with E-state index in [9.17, 15) is 0 Å². The van der Waals surface area contributed by atoms with E-state index in [4.69, 9.17) is 4.74 Å². The summed E-state index contributed by atoms with van der Waals surface area (Å²) < 4.78 is 5.19. The fraction of sp³-hybridized carbons (Fsp3) is 0.538. The molecule has 0 heterocycles. The van der Waals surface area contributed by atoms with Gasteiger partial charge in [-0.25, -0.2) is 0 Å². The molecule has 1 unspecified atom stereocenters. The fourth-order valence-electron chi connectivity index (χ4n) is 1.51. The van der Waals surface area contributed by atoms with Gasteiger partial charge in [-0.2, -0.15) is 0 Å². The molecule has 84 valence electrons. The van der Waals surface area contributed by atoms with Crippen molar-refractivity contribution in [1.82, 2.24) is 5.32 Å². The van der Waals surface area contributed by atoms with Crippen LogP contribution in [0.15, 0.2) is 30.3 Å². The van der Waals surface area contributed by atoms with Gasteiger partial charge >= 0.3 is 0 Å². The Morgan fingerprint density at radius 2 is 1.87 bits per heavy atom. The molecule has 0 amide bonds. The van der Waals surface area contributed by atoms with Gasteiger partial charge in [0.2, 0.25) is 0 Å². The zero-order valence-corrected chi connectivity index (χ0v) is 9.86. The highest BCUT2D eigenvalue weighted by Crippen LogP contribution is 2.04. The highest BCUT2D eigenvalue weighted by molar-refractivity contribution is 5.14. The van der Waals surface area contributed by atoms with Crippen LogP contribution in [0.3, 0.4) is 0 Å². The van der Waals surface area contributed by atoms with Crippen molar-refractivity contribution in [2.75, 3.05) is 13.7 Å². The standard InChI is InChI=1S/C13H21NO/c1-11(2)13(10-15-3)14-9-12-7-5-4-6-8-12/h4-8,11,13-14H,9-10H2,1-3H3. The maximum atomic E-state index is 5.19. The molecule has 0 saturated heterocycles. The second-order valence-corrected chi connectivity index (χ2v) is 4.17. The third-order valence-electron chi connectivity index (χ3n) is 2.56. The number of ether oxygens (including phenoxy) is 1. The minimum atomic E-state index is 0.426. The molecule has 0 aromatic heterocycles. The molecule has 0 radical (unpaired) electrons. The van der Waals surface area contributed by atoms with Crippen LogP contribution in [0, 0.1) is 5.92 Å². The molecule has 0 saturated carbocycles. The summed E-state index contributed by atoms with van der Waals surface area (Å²) in [6.07, 6.45) is 0. The zero-order valence-electron chi connectivity index (χ0n) is 9.86. The van der Waals surface area contributed by atoms with E-state index in [0.717, 1.165) is 13.2 Å². The maximum absolute atomic E-state index is 5.19. The summed E-state index contributed by atoms with van der Waals surface area (Å²) in [6, 6.07) is 10.9. The van der Waals surface area contributed by atoms with E-state index in [1.165, 1.54) is 5.56 Å². The average molecular weight is 207 g/mol. The molecule has 0 bridgehead atoms. The number of hydrogen-bond acceptors (Lipinski definition) is 2. The lowest BCUT2D eigenvalue weighted by Crippen LogP contribution is -2.37. The largest absolute Gasteiger partial charge is 0.383 e. The molecule has 1 aromatic rings. The topological polar surface area (TPSA) is 21.3 Å². The van der Waals surface area contributed by atoms with Crippen molar-refractivity contribution in [1.29, 1.82) is 0 Å². The smallest absolute Gasteiger partial charge is 0.0618 e. The Balaban J connectivity index is 2.40. The summed E-state index contributed by atoms with van der Waals surface area (Å²) in [5.41, 5.74) is 1.32. The van der Waals surface area contributed by atoms with Crippen molar-refractivity contribution in [2.24, 2.45) is 5.92 Å². The Labute approximate surface area is 92.6 Å². The van der Waals surface area contributed by atoms with E-state index in [1.54, 1.807) is 7.11 Å². The normalized spacial score (nSPS) is 13.1. The Morgan fingerprint density at radius 3 is 2.40 bits per heavy atom. The van der Waals surface area contributed by atoms with Gasteiger partial charge in [0, 0.05) is 19.7 Å². The second-order valence-electron chi connectivity index (χ2n) is 4.17. The molecule has 0 aliphatic carbocycles. The SMILES string of the molecule is COCC(NCc1ccccc1)C(C)C. The second kappa shape index (κ2) is 6.59. The van der Waals surface area contributed by atoms with Gasteiger partial charge in [-0.05, 0) is 11.5 Å². The Kier molecular flexibility index (Phi) is 5.37. The molecular weight excluding hydrogens is 186 g/mol. The lowest BCUT2D eigenvalue weighted by Gasteiger charge is -2.21. The molecule has 2 heteroatoms. The van der Waals surface area contributed by atoms with E-state index < -0.39 is 0 Å². The predicted molar refractivity (Wildman–Crippen MR) is 63.8 cm³/mol. The molecule has 0 aliphatic rings. The van der Waals surface area contributed by atoms with Gasteiger partial charge < -0.3 is 10.1 Å². The zero-order chi connectivity index (χ0) is 11.1. The molecule has 2 nitrogen and oxygen atoms in total. The average Bonchev–Trinajstić information content (AvgIpc) is 2.25. The molecule has 1 N–H and O–H groups in total. The van der Waals surface area contributed by atoms with Gasteiger partial charge in [-0.1, -0.05) is 44.2 Å². The Hall–Kier alpha value is -0.860.